The van der Waals surface area contributed by atoms with Crippen molar-refractivity contribution < 1.29 is 0 Å². The van der Waals surface area contributed by atoms with Gasteiger partial charge in [-0.2, -0.15) is 0 Å². The van der Waals surface area contributed by atoms with E-state index in [2.05, 4.69) is 194 Å². The van der Waals surface area contributed by atoms with Gasteiger partial charge < -0.3 is 0 Å². The number of benzene rings is 8. The van der Waals surface area contributed by atoms with Gasteiger partial charge in [-0.1, -0.05) is 182 Å². The molecule has 2 aliphatic carbocycles. The zero-order valence-electron chi connectivity index (χ0n) is 27.6. The summed E-state index contributed by atoms with van der Waals surface area (Å²) in [6.45, 7) is 0. The molecule has 0 bridgehead atoms. The summed E-state index contributed by atoms with van der Waals surface area (Å²) in [5.41, 5.74) is 10.4. The summed E-state index contributed by atoms with van der Waals surface area (Å²) in [5, 5.41) is 10.4. The van der Waals surface area contributed by atoms with Gasteiger partial charge in [0.2, 0.25) is 0 Å². The van der Waals surface area contributed by atoms with Gasteiger partial charge in [0, 0.05) is 11.8 Å². The minimum absolute atomic E-state index is 0.228. The molecule has 0 saturated carbocycles. The molecule has 0 radical (unpaired) electrons. The first-order valence-electron chi connectivity index (χ1n) is 17.6. The van der Waals surface area contributed by atoms with Gasteiger partial charge in [-0.25, -0.2) is 0 Å². The molecule has 0 spiro atoms. The molecule has 0 aromatic heterocycles. The summed E-state index contributed by atoms with van der Waals surface area (Å²) in [6.07, 6.45) is 9.29. The van der Waals surface area contributed by atoms with Crippen molar-refractivity contribution in [2.24, 2.45) is 11.8 Å². The monoisotopic (exact) mass is 634 g/mol. The molecule has 0 N–H and O–H groups in total. The molecule has 0 aliphatic heterocycles. The highest BCUT2D eigenvalue weighted by Crippen LogP contribution is 2.42. The highest BCUT2D eigenvalue weighted by molar-refractivity contribution is 6.13. The Morgan fingerprint density at radius 3 is 1.60 bits per heavy atom. The van der Waals surface area contributed by atoms with Crippen LogP contribution in [-0.4, -0.2) is 0 Å². The Labute approximate surface area is 292 Å². The molecule has 0 heterocycles. The molecule has 10 rings (SSSR count). The average Bonchev–Trinajstić information content (AvgIpc) is 3.19. The highest BCUT2D eigenvalue weighted by atomic mass is 14.3. The molecule has 0 saturated heterocycles. The molecular weight excluding hydrogens is 601 g/mol. The summed E-state index contributed by atoms with van der Waals surface area (Å²) in [6, 6.07) is 62.8. The first-order valence-corrected chi connectivity index (χ1v) is 17.6. The largest absolute Gasteiger partial charge is 0.0760 e. The Morgan fingerprint density at radius 1 is 0.300 bits per heavy atom. The van der Waals surface area contributed by atoms with Gasteiger partial charge in [-0.15, -0.1) is 0 Å². The predicted molar refractivity (Wildman–Crippen MR) is 212 cm³/mol. The molecule has 50 heavy (non-hydrogen) atoms. The number of hydrogen-bond donors (Lipinski definition) is 0. The Hall–Kier alpha value is -6.24. The second-order valence-corrected chi connectivity index (χ2v) is 13.6. The quantitative estimate of drug-likeness (QED) is 0.169. The molecule has 8 aromatic carbocycles. The van der Waals surface area contributed by atoms with Crippen LogP contribution >= 0.6 is 0 Å². The summed E-state index contributed by atoms with van der Waals surface area (Å²) < 4.78 is 0. The van der Waals surface area contributed by atoms with Crippen LogP contribution in [0, 0.1) is 11.8 Å². The second kappa shape index (κ2) is 11.7. The van der Waals surface area contributed by atoms with E-state index in [0.717, 1.165) is 0 Å². The zero-order chi connectivity index (χ0) is 33.0. The third-order valence-corrected chi connectivity index (χ3v) is 10.9. The fraction of sp³-hybridized carbons (Fsp3) is 0.0400. The SMILES string of the molecule is C1=CC2C(c3ccc(-c4cccc5ccccc45)cc3)=c3ccccc3=C(c3cccc(-c4cc5ccccc5c5ccccc45)c3)C2C=C1. The van der Waals surface area contributed by atoms with Gasteiger partial charge in [0.25, 0.3) is 0 Å². The Morgan fingerprint density at radius 2 is 0.840 bits per heavy atom. The molecule has 0 fully saturated rings. The Balaban J connectivity index is 1.16. The summed E-state index contributed by atoms with van der Waals surface area (Å²) in [4.78, 5) is 0. The van der Waals surface area contributed by atoms with Crippen molar-refractivity contribution >= 4 is 43.5 Å². The topological polar surface area (TPSA) is 0 Å². The third-order valence-electron chi connectivity index (χ3n) is 10.9. The van der Waals surface area contributed by atoms with Crippen molar-refractivity contribution in [1.29, 1.82) is 0 Å². The standard InChI is InChI=1S/C50H34/c1-3-18-39-33(13-1)15-12-26-40(39)34-27-29-35(30-28-34)49-44-22-7-9-24-46(44)50(47-25-10-8-23-45(47)49)38-17-11-16-36(31-38)48-32-37-14-2-4-19-41(37)42-20-5-6-21-43(42)48/h1-32,44,46H. The van der Waals surface area contributed by atoms with E-state index in [1.807, 2.05) is 0 Å². The molecule has 234 valence electrons. The van der Waals surface area contributed by atoms with Crippen LogP contribution in [0.2, 0.25) is 0 Å². The summed E-state index contributed by atoms with van der Waals surface area (Å²) >= 11 is 0. The van der Waals surface area contributed by atoms with Gasteiger partial charge in [-0.05, 0) is 99.4 Å². The number of hydrogen-bond acceptors (Lipinski definition) is 0. The molecule has 2 atom stereocenters. The van der Waals surface area contributed by atoms with Crippen molar-refractivity contribution in [3.63, 3.8) is 0 Å². The van der Waals surface area contributed by atoms with E-state index in [1.165, 1.54) is 87.3 Å². The maximum absolute atomic E-state index is 2.43. The Kier molecular flexibility index (Phi) is 6.74. The fourth-order valence-electron chi connectivity index (χ4n) is 8.62. The minimum atomic E-state index is 0.228. The van der Waals surface area contributed by atoms with E-state index >= 15 is 0 Å². The van der Waals surface area contributed by atoms with Gasteiger partial charge in [0.15, 0.2) is 0 Å². The van der Waals surface area contributed by atoms with Crippen molar-refractivity contribution in [3.05, 3.63) is 216 Å². The lowest BCUT2D eigenvalue weighted by atomic mass is 9.70. The molecule has 0 heteroatoms. The normalized spacial score (nSPS) is 16.6. The number of fused-ring (bicyclic) bond motifs is 6. The van der Waals surface area contributed by atoms with E-state index in [-0.39, 0.29) is 11.8 Å². The predicted octanol–water partition coefficient (Wildman–Crippen LogP) is 11.3. The van der Waals surface area contributed by atoms with E-state index in [0.29, 0.717) is 0 Å². The number of allylic oxidation sites excluding steroid dienone is 4. The van der Waals surface area contributed by atoms with Crippen molar-refractivity contribution in [1.82, 2.24) is 0 Å². The van der Waals surface area contributed by atoms with Gasteiger partial charge in [-0.3, -0.25) is 0 Å². The smallest absolute Gasteiger partial charge is 0.0137 e. The van der Waals surface area contributed by atoms with Gasteiger partial charge >= 0.3 is 0 Å². The van der Waals surface area contributed by atoms with E-state index < -0.39 is 0 Å². The zero-order valence-corrected chi connectivity index (χ0v) is 27.6. The van der Waals surface area contributed by atoms with Crippen molar-refractivity contribution in [3.8, 4) is 22.3 Å². The maximum Gasteiger partial charge on any atom is 0.0137 e. The van der Waals surface area contributed by atoms with E-state index in [4.69, 9.17) is 0 Å². The molecule has 2 aliphatic rings. The Bertz CT molecular complexity index is 2810. The first-order chi connectivity index (χ1) is 24.8. The molecule has 0 nitrogen and oxygen atoms in total. The van der Waals surface area contributed by atoms with Crippen LogP contribution in [0.4, 0.5) is 0 Å². The van der Waals surface area contributed by atoms with Crippen LogP contribution in [0.1, 0.15) is 11.1 Å². The van der Waals surface area contributed by atoms with Crippen LogP contribution < -0.4 is 10.4 Å². The maximum atomic E-state index is 2.43. The third kappa shape index (κ3) is 4.60. The van der Waals surface area contributed by atoms with Crippen LogP contribution in [0.5, 0.6) is 0 Å². The van der Waals surface area contributed by atoms with E-state index in [1.54, 1.807) is 0 Å². The van der Waals surface area contributed by atoms with Crippen LogP contribution in [0.15, 0.2) is 194 Å². The fourth-order valence-corrected chi connectivity index (χ4v) is 8.62. The van der Waals surface area contributed by atoms with E-state index in [9.17, 15) is 0 Å². The summed E-state index contributed by atoms with van der Waals surface area (Å²) in [5.74, 6) is 0.463. The second-order valence-electron chi connectivity index (χ2n) is 13.6. The molecule has 8 aromatic rings. The van der Waals surface area contributed by atoms with Crippen LogP contribution in [0.25, 0.3) is 65.7 Å². The van der Waals surface area contributed by atoms with Gasteiger partial charge in [0.05, 0.1) is 0 Å². The lowest BCUT2D eigenvalue weighted by Crippen LogP contribution is -2.40. The average molecular weight is 635 g/mol. The van der Waals surface area contributed by atoms with Crippen LogP contribution in [0.3, 0.4) is 0 Å². The molecular formula is C50H34. The summed E-state index contributed by atoms with van der Waals surface area (Å²) in [7, 11) is 0. The molecule has 0 amide bonds. The van der Waals surface area contributed by atoms with Crippen molar-refractivity contribution in [2.75, 3.05) is 0 Å². The lowest BCUT2D eigenvalue weighted by molar-refractivity contribution is 0.686. The van der Waals surface area contributed by atoms with Crippen LogP contribution in [-0.2, 0) is 0 Å². The molecule has 2 unspecified atom stereocenters. The number of rotatable bonds is 4. The minimum Gasteiger partial charge on any atom is -0.0760 e. The van der Waals surface area contributed by atoms with Gasteiger partial charge in [0.1, 0.15) is 0 Å². The first kappa shape index (κ1) is 28.7. The lowest BCUT2D eigenvalue weighted by Gasteiger charge is -2.33. The highest BCUT2D eigenvalue weighted by Gasteiger charge is 2.32. The van der Waals surface area contributed by atoms with Crippen molar-refractivity contribution in [2.45, 2.75) is 0 Å².